The zero-order valence-corrected chi connectivity index (χ0v) is 16.9. The van der Waals surface area contributed by atoms with E-state index >= 15 is 0 Å². The first-order valence-corrected chi connectivity index (χ1v) is 10.1. The number of aromatic nitrogens is 2. The first-order chi connectivity index (χ1) is 13.6. The van der Waals surface area contributed by atoms with Gasteiger partial charge in [0.25, 0.3) is 11.1 Å². The van der Waals surface area contributed by atoms with E-state index in [-0.39, 0.29) is 12.5 Å². The van der Waals surface area contributed by atoms with E-state index in [1.54, 1.807) is 6.07 Å². The summed E-state index contributed by atoms with van der Waals surface area (Å²) in [5.41, 5.74) is 2.06. The maximum absolute atomic E-state index is 12.0. The number of hydrogen-bond acceptors (Lipinski definition) is 6. The fourth-order valence-electron chi connectivity index (χ4n) is 2.29. The first-order valence-electron chi connectivity index (χ1n) is 8.75. The van der Waals surface area contributed by atoms with Crippen LogP contribution in [0.3, 0.4) is 0 Å². The minimum atomic E-state index is -0.0603. The van der Waals surface area contributed by atoms with Crippen molar-refractivity contribution in [2.24, 2.45) is 0 Å². The molecule has 0 unspecified atom stereocenters. The molecule has 1 heterocycles. The first kappa shape index (κ1) is 20.2. The molecule has 0 bridgehead atoms. The number of halogens is 1. The van der Waals surface area contributed by atoms with Gasteiger partial charge in [-0.3, -0.25) is 4.79 Å². The summed E-state index contributed by atoms with van der Waals surface area (Å²) in [6, 6.07) is 15.2. The summed E-state index contributed by atoms with van der Waals surface area (Å²) < 4.78 is 11.1. The van der Waals surface area contributed by atoms with Gasteiger partial charge in [0.1, 0.15) is 5.75 Å². The highest BCUT2D eigenvalue weighted by atomic mass is 35.5. The predicted molar refractivity (Wildman–Crippen MR) is 108 cm³/mol. The zero-order valence-electron chi connectivity index (χ0n) is 15.4. The fourth-order valence-corrected chi connectivity index (χ4v) is 3.21. The van der Waals surface area contributed by atoms with Gasteiger partial charge in [-0.05, 0) is 30.7 Å². The summed E-state index contributed by atoms with van der Waals surface area (Å²) in [6.45, 7) is 2.63. The van der Waals surface area contributed by atoms with Crippen LogP contribution in [0.5, 0.6) is 5.75 Å². The molecule has 0 aliphatic heterocycles. The average molecular weight is 418 g/mol. The Kier molecular flexibility index (Phi) is 7.33. The van der Waals surface area contributed by atoms with Gasteiger partial charge in [-0.1, -0.05) is 59.3 Å². The number of carbonyl (C=O) groups is 1. The van der Waals surface area contributed by atoms with Crippen LogP contribution in [0.15, 0.2) is 58.2 Å². The number of benzene rings is 2. The Morgan fingerprint density at radius 2 is 1.96 bits per heavy atom. The lowest BCUT2D eigenvalue weighted by Crippen LogP contribution is -2.23. The lowest BCUT2D eigenvalue weighted by atomic mass is 10.2. The van der Waals surface area contributed by atoms with Gasteiger partial charge in [-0.15, -0.1) is 10.2 Å². The number of carbonyl (C=O) groups excluding carboxylic acids is 1. The third-order valence-electron chi connectivity index (χ3n) is 3.82. The van der Waals surface area contributed by atoms with Crippen molar-refractivity contribution in [3.05, 3.63) is 70.6 Å². The molecule has 1 N–H and O–H groups in total. The summed E-state index contributed by atoms with van der Waals surface area (Å²) in [5.74, 6) is 1.61. The minimum Gasteiger partial charge on any atom is -0.484 e. The lowest BCUT2D eigenvalue weighted by molar-refractivity contribution is -0.120. The second-order valence-electron chi connectivity index (χ2n) is 6.03. The third kappa shape index (κ3) is 6.28. The van der Waals surface area contributed by atoms with E-state index in [1.807, 2.05) is 49.4 Å². The molecule has 1 amide bonds. The number of hydrogen-bond donors (Lipinski definition) is 1. The van der Waals surface area contributed by atoms with Gasteiger partial charge in [0.05, 0.1) is 0 Å². The van der Waals surface area contributed by atoms with Crippen LogP contribution >= 0.6 is 23.4 Å². The average Bonchev–Trinajstić information content (AvgIpc) is 3.15. The summed E-state index contributed by atoms with van der Waals surface area (Å²) >= 11 is 7.41. The van der Waals surface area contributed by atoms with Crippen molar-refractivity contribution in [3.8, 4) is 5.75 Å². The Balaban J connectivity index is 1.36. The quantitative estimate of drug-likeness (QED) is 0.519. The molecule has 0 radical (unpaired) electrons. The van der Waals surface area contributed by atoms with Crippen LogP contribution in [0.25, 0.3) is 0 Å². The highest BCUT2D eigenvalue weighted by Crippen LogP contribution is 2.19. The van der Waals surface area contributed by atoms with Gasteiger partial charge in [-0.2, -0.15) is 0 Å². The predicted octanol–water partition coefficient (Wildman–Crippen LogP) is 4.41. The van der Waals surface area contributed by atoms with Crippen molar-refractivity contribution < 1.29 is 13.9 Å². The van der Waals surface area contributed by atoms with Crippen LogP contribution < -0.4 is 10.1 Å². The Morgan fingerprint density at radius 1 is 1.18 bits per heavy atom. The molecule has 3 rings (SSSR count). The standard InChI is InChI=1S/C20H20ClN3O3S/c1-14-6-8-16(9-7-14)26-13-19-23-24-20(27-19)28-11-10-18(25)22-12-15-4-2-3-5-17(15)21/h2-9H,10-13H2,1H3,(H,22,25). The number of amides is 1. The fraction of sp³-hybridized carbons (Fsp3) is 0.250. The van der Waals surface area contributed by atoms with Gasteiger partial charge in [0, 0.05) is 23.7 Å². The van der Waals surface area contributed by atoms with Gasteiger partial charge in [-0.25, -0.2) is 0 Å². The molecule has 146 valence electrons. The molecule has 3 aromatic rings. The van der Waals surface area contributed by atoms with Gasteiger partial charge in [0.15, 0.2) is 6.61 Å². The number of nitrogens with zero attached hydrogens (tertiary/aromatic N) is 2. The molecule has 0 fully saturated rings. The Bertz CT molecular complexity index is 915. The second-order valence-corrected chi connectivity index (χ2v) is 7.48. The topological polar surface area (TPSA) is 77.2 Å². The third-order valence-corrected chi connectivity index (χ3v) is 5.01. The van der Waals surface area contributed by atoms with E-state index in [1.165, 1.54) is 17.3 Å². The van der Waals surface area contributed by atoms with Crippen molar-refractivity contribution in [1.82, 2.24) is 15.5 Å². The van der Waals surface area contributed by atoms with E-state index in [0.29, 0.717) is 34.9 Å². The molecule has 0 aliphatic rings. The molecule has 0 spiro atoms. The second kappa shape index (κ2) is 10.1. The highest BCUT2D eigenvalue weighted by Gasteiger charge is 2.09. The molecule has 28 heavy (non-hydrogen) atoms. The molecule has 0 saturated heterocycles. The number of ether oxygens (including phenoxy) is 1. The number of nitrogens with one attached hydrogen (secondary N) is 1. The SMILES string of the molecule is Cc1ccc(OCc2nnc(SCCC(=O)NCc3ccccc3Cl)o2)cc1. The minimum absolute atomic E-state index is 0.0603. The number of aryl methyl sites for hydroxylation is 1. The van der Waals surface area contributed by atoms with Crippen molar-refractivity contribution in [2.75, 3.05) is 5.75 Å². The number of thioether (sulfide) groups is 1. The van der Waals surface area contributed by atoms with E-state index < -0.39 is 0 Å². The smallest absolute Gasteiger partial charge is 0.276 e. The van der Waals surface area contributed by atoms with E-state index in [9.17, 15) is 4.79 Å². The van der Waals surface area contributed by atoms with Crippen LogP contribution in [-0.2, 0) is 17.9 Å². The van der Waals surface area contributed by atoms with Crippen LogP contribution in [0.1, 0.15) is 23.4 Å². The maximum atomic E-state index is 12.0. The van der Waals surface area contributed by atoms with Crippen LogP contribution in [0.4, 0.5) is 0 Å². The van der Waals surface area contributed by atoms with Crippen LogP contribution in [-0.4, -0.2) is 21.9 Å². The Morgan fingerprint density at radius 3 is 2.75 bits per heavy atom. The normalized spacial score (nSPS) is 10.6. The monoisotopic (exact) mass is 417 g/mol. The van der Waals surface area contributed by atoms with Gasteiger partial charge < -0.3 is 14.5 Å². The Labute approximate surface area is 172 Å². The molecule has 6 nitrogen and oxygen atoms in total. The Hall–Kier alpha value is -2.51. The van der Waals surface area contributed by atoms with Crippen molar-refractivity contribution >= 4 is 29.3 Å². The highest BCUT2D eigenvalue weighted by molar-refractivity contribution is 7.99. The summed E-state index contributed by atoms with van der Waals surface area (Å²) in [4.78, 5) is 12.0. The molecule has 0 aliphatic carbocycles. The van der Waals surface area contributed by atoms with Crippen LogP contribution in [0, 0.1) is 6.92 Å². The molecule has 0 saturated carbocycles. The van der Waals surface area contributed by atoms with Crippen molar-refractivity contribution in [3.63, 3.8) is 0 Å². The molecule has 0 atom stereocenters. The number of rotatable bonds is 9. The van der Waals surface area contributed by atoms with Gasteiger partial charge in [0.2, 0.25) is 5.91 Å². The molecule has 8 heteroatoms. The van der Waals surface area contributed by atoms with Crippen LogP contribution in [0.2, 0.25) is 5.02 Å². The van der Waals surface area contributed by atoms with Crippen molar-refractivity contribution in [1.29, 1.82) is 0 Å². The molecular formula is C20H20ClN3O3S. The summed E-state index contributed by atoms with van der Waals surface area (Å²) in [5, 5.41) is 11.8. The molecule has 2 aromatic carbocycles. The molecular weight excluding hydrogens is 398 g/mol. The molecule has 1 aromatic heterocycles. The zero-order chi connectivity index (χ0) is 19.8. The maximum Gasteiger partial charge on any atom is 0.276 e. The van der Waals surface area contributed by atoms with E-state index in [4.69, 9.17) is 20.8 Å². The largest absolute Gasteiger partial charge is 0.484 e. The summed E-state index contributed by atoms with van der Waals surface area (Å²) in [7, 11) is 0. The summed E-state index contributed by atoms with van der Waals surface area (Å²) in [6.07, 6.45) is 0.340. The lowest BCUT2D eigenvalue weighted by Gasteiger charge is -2.06. The van der Waals surface area contributed by atoms with Crippen molar-refractivity contribution in [2.45, 2.75) is 31.7 Å². The van der Waals surface area contributed by atoms with Gasteiger partial charge >= 0.3 is 0 Å². The van der Waals surface area contributed by atoms with E-state index in [0.717, 1.165) is 11.3 Å². The van der Waals surface area contributed by atoms with E-state index in [2.05, 4.69) is 15.5 Å².